The van der Waals surface area contributed by atoms with Crippen LogP contribution in [-0.4, -0.2) is 17.0 Å². The van der Waals surface area contributed by atoms with E-state index in [2.05, 4.69) is 55.4 Å². The first kappa shape index (κ1) is 14.0. The summed E-state index contributed by atoms with van der Waals surface area (Å²) in [5.41, 5.74) is 8.79. The summed E-state index contributed by atoms with van der Waals surface area (Å²) in [6.45, 7) is 18.9. The summed E-state index contributed by atoms with van der Waals surface area (Å²) >= 11 is 0. The first-order valence-electron chi connectivity index (χ1n) is 6.41. The van der Waals surface area contributed by atoms with E-state index in [1.165, 1.54) is 0 Å². The second-order valence-electron chi connectivity index (χ2n) is 5.65. The first-order valence-corrected chi connectivity index (χ1v) is 7.96. The molecule has 16 heavy (non-hydrogen) atoms. The van der Waals surface area contributed by atoms with Crippen molar-refractivity contribution in [3.63, 3.8) is 0 Å². The monoisotopic (exact) mass is 238 g/mol. The Balaban J connectivity index is 3.14. The third kappa shape index (κ3) is 2.28. The molecule has 0 saturated heterocycles. The summed E-state index contributed by atoms with van der Waals surface area (Å²) in [4.78, 5) is 0. The molecule has 0 amide bonds. The molecule has 0 bridgehead atoms. The Labute approximate surface area is 103 Å². The van der Waals surface area contributed by atoms with Gasteiger partial charge >= 0.3 is 0 Å². The van der Waals surface area contributed by atoms with Gasteiger partial charge in [-0.25, -0.2) is 0 Å². The van der Waals surface area contributed by atoms with Gasteiger partial charge in [-0.15, -0.1) is 0 Å². The molecular formula is C15H27P. The summed E-state index contributed by atoms with van der Waals surface area (Å²) in [5, 5.41) is 0. The number of hydrogen-bond donors (Lipinski definition) is 0. The predicted molar refractivity (Wildman–Crippen MR) is 77.7 cm³/mol. The minimum atomic E-state index is 0.0725. The SMILES string of the molecule is CC1=C(C)C(P(C(C)C)C(C)C)C(C)=C1C. The van der Waals surface area contributed by atoms with Crippen molar-refractivity contribution >= 4 is 7.92 Å². The molecule has 0 atom stereocenters. The van der Waals surface area contributed by atoms with Crippen molar-refractivity contribution < 1.29 is 0 Å². The number of hydrogen-bond acceptors (Lipinski definition) is 0. The van der Waals surface area contributed by atoms with Gasteiger partial charge in [0.1, 0.15) is 0 Å². The van der Waals surface area contributed by atoms with Crippen LogP contribution in [0.4, 0.5) is 0 Å². The third-order valence-electron chi connectivity index (χ3n) is 4.06. The predicted octanol–water partition coefficient (Wildman–Crippen LogP) is 5.34. The van der Waals surface area contributed by atoms with Gasteiger partial charge in [0, 0.05) is 5.66 Å². The average molecular weight is 238 g/mol. The fourth-order valence-electron chi connectivity index (χ4n) is 2.97. The van der Waals surface area contributed by atoms with Gasteiger partial charge in [0.15, 0.2) is 0 Å². The lowest BCUT2D eigenvalue weighted by Crippen LogP contribution is -2.17. The van der Waals surface area contributed by atoms with Crippen molar-refractivity contribution in [3.05, 3.63) is 22.3 Å². The van der Waals surface area contributed by atoms with Crippen LogP contribution in [0.5, 0.6) is 0 Å². The van der Waals surface area contributed by atoms with Crippen molar-refractivity contribution in [2.24, 2.45) is 0 Å². The molecule has 0 spiro atoms. The van der Waals surface area contributed by atoms with E-state index in [4.69, 9.17) is 0 Å². The van der Waals surface area contributed by atoms with Crippen molar-refractivity contribution in [1.29, 1.82) is 0 Å². The van der Waals surface area contributed by atoms with E-state index in [0.29, 0.717) is 0 Å². The van der Waals surface area contributed by atoms with E-state index < -0.39 is 0 Å². The molecule has 92 valence electrons. The zero-order chi connectivity index (χ0) is 12.6. The molecule has 0 aromatic rings. The second kappa shape index (κ2) is 5.05. The van der Waals surface area contributed by atoms with E-state index in [-0.39, 0.29) is 7.92 Å². The van der Waals surface area contributed by atoms with Crippen molar-refractivity contribution in [2.45, 2.75) is 72.4 Å². The number of rotatable bonds is 3. The molecule has 0 aromatic heterocycles. The Morgan fingerprint density at radius 1 is 0.750 bits per heavy atom. The Morgan fingerprint density at radius 3 is 1.31 bits per heavy atom. The molecule has 1 rings (SSSR count). The normalized spacial score (nSPS) is 18.9. The van der Waals surface area contributed by atoms with Crippen LogP contribution in [-0.2, 0) is 0 Å². The Bertz CT molecular complexity index is 299. The Hall–Kier alpha value is -0.0900. The molecule has 0 aromatic carbocycles. The van der Waals surface area contributed by atoms with Gasteiger partial charge in [-0.2, -0.15) is 0 Å². The van der Waals surface area contributed by atoms with E-state index in [1.807, 2.05) is 0 Å². The molecule has 1 aliphatic carbocycles. The molecule has 0 nitrogen and oxygen atoms in total. The van der Waals surface area contributed by atoms with Crippen LogP contribution in [0.25, 0.3) is 0 Å². The fraction of sp³-hybridized carbons (Fsp3) is 0.733. The molecule has 1 heteroatoms. The van der Waals surface area contributed by atoms with Gasteiger partial charge in [0.05, 0.1) is 0 Å². The van der Waals surface area contributed by atoms with Gasteiger partial charge in [-0.05, 0) is 50.2 Å². The lowest BCUT2D eigenvalue weighted by molar-refractivity contribution is 0.966. The lowest BCUT2D eigenvalue weighted by Gasteiger charge is -2.34. The van der Waals surface area contributed by atoms with Gasteiger partial charge in [-0.1, -0.05) is 46.8 Å². The standard InChI is InChI=1S/C15H27P/c1-9(2)16(10(3)4)15-13(7)11(5)12(6)14(15)8/h9-10,15H,1-8H3. The van der Waals surface area contributed by atoms with Crippen molar-refractivity contribution in [2.75, 3.05) is 0 Å². The molecule has 0 saturated carbocycles. The highest BCUT2D eigenvalue weighted by molar-refractivity contribution is 7.60. The van der Waals surface area contributed by atoms with Gasteiger partial charge in [0.2, 0.25) is 0 Å². The summed E-state index contributed by atoms with van der Waals surface area (Å²) in [6.07, 6.45) is 0. The highest BCUT2D eigenvalue weighted by Crippen LogP contribution is 2.58. The quantitative estimate of drug-likeness (QED) is 0.582. The highest BCUT2D eigenvalue weighted by atomic mass is 31.1. The Morgan fingerprint density at radius 2 is 1.06 bits per heavy atom. The van der Waals surface area contributed by atoms with Crippen LogP contribution in [0.3, 0.4) is 0 Å². The van der Waals surface area contributed by atoms with E-state index in [0.717, 1.165) is 17.0 Å². The van der Waals surface area contributed by atoms with Crippen LogP contribution in [0, 0.1) is 0 Å². The van der Waals surface area contributed by atoms with Gasteiger partial charge in [-0.3, -0.25) is 0 Å². The van der Waals surface area contributed by atoms with Gasteiger partial charge in [0.25, 0.3) is 0 Å². The molecule has 0 unspecified atom stereocenters. The van der Waals surface area contributed by atoms with Crippen LogP contribution >= 0.6 is 7.92 Å². The minimum Gasteiger partial charge on any atom is -0.0898 e. The van der Waals surface area contributed by atoms with Gasteiger partial charge < -0.3 is 0 Å². The minimum absolute atomic E-state index is 0.0725. The van der Waals surface area contributed by atoms with Crippen LogP contribution < -0.4 is 0 Å². The molecule has 0 heterocycles. The van der Waals surface area contributed by atoms with E-state index in [9.17, 15) is 0 Å². The maximum Gasteiger partial charge on any atom is 0.0220 e. The van der Waals surface area contributed by atoms with Crippen molar-refractivity contribution in [1.82, 2.24) is 0 Å². The summed E-state index contributed by atoms with van der Waals surface area (Å²) in [5.74, 6) is 0. The molecular weight excluding hydrogens is 211 g/mol. The van der Waals surface area contributed by atoms with E-state index in [1.54, 1.807) is 22.3 Å². The molecule has 0 radical (unpaired) electrons. The maximum atomic E-state index is 2.40. The molecule has 0 fully saturated rings. The van der Waals surface area contributed by atoms with Crippen LogP contribution in [0.2, 0.25) is 0 Å². The summed E-state index contributed by atoms with van der Waals surface area (Å²) in [6, 6.07) is 0. The average Bonchev–Trinajstić information content (AvgIpc) is 2.34. The van der Waals surface area contributed by atoms with Crippen molar-refractivity contribution in [3.8, 4) is 0 Å². The van der Waals surface area contributed by atoms with Crippen LogP contribution in [0.1, 0.15) is 55.4 Å². The van der Waals surface area contributed by atoms with Crippen LogP contribution in [0.15, 0.2) is 22.3 Å². The molecule has 0 N–H and O–H groups in total. The van der Waals surface area contributed by atoms with E-state index >= 15 is 0 Å². The maximum absolute atomic E-state index is 2.40. The third-order valence-corrected chi connectivity index (χ3v) is 7.81. The summed E-state index contributed by atoms with van der Waals surface area (Å²) in [7, 11) is 0.0725. The topological polar surface area (TPSA) is 0 Å². The molecule has 1 aliphatic rings. The first-order chi connectivity index (χ1) is 7.29. The molecule has 0 aliphatic heterocycles. The zero-order valence-electron chi connectivity index (χ0n) is 12.2. The zero-order valence-corrected chi connectivity index (χ0v) is 13.1. The Kier molecular flexibility index (Phi) is 4.41. The summed E-state index contributed by atoms with van der Waals surface area (Å²) < 4.78 is 0. The smallest absolute Gasteiger partial charge is 0.0220 e. The fourth-order valence-corrected chi connectivity index (χ4v) is 6.63. The second-order valence-corrected chi connectivity index (χ2v) is 9.13. The highest BCUT2D eigenvalue weighted by Gasteiger charge is 2.34. The lowest BCUT2D eigenvalue weighted by atomic mass is 10.1. The largest absolute Gasteiger partial charge is 0.0898 e. The number of allylic oxidation sites excluding steroid dienone is 4.